The Morgan fingerprint density at radius 1 is 0.886 bits per heavy atom. The number of aromatic nitrogens is 4. The lowest BCUT2D eigenvalue weighted by molar-refractivity contribution is 0.0697. The summed E-state index contributed by atoms with van der Waals surface area (Å²) < 4.78 is 4.51. The Morgan fingerprint density at radius 2 is 1.61 bits per heavy atom. The molecule has 0 aliphatic carbocycles. The number of fused-ring (bicyclic) bond motifs is 2. The van der Waals surface area contributed by atoms with E-state index >= 15 is 0 Å². The number of carboxylic acids is 1. The summed E-state index contributed by atoms with van der Waals surface area (Å²) >= 11 is 0. The molecule has 0 saturated heterocycles. The summed E-state index contributed by atoms with van der Waals surface area (Å²) in [5.41, 5.74) is 10.5. The van der Waals surface area contributed by atoms with E-state index in [0.717, 1.165) is 79.9 Å². The number of hydrogen-bond donors (Lipinski definition) is 1. The fraction of sp³-hybridized carbons (Fsp3) is 0.270. The van der Waals surface area contributed by atoms with Crippen molar-refractivity contribution in [3.05, 3.63) is 107 Å². The monoisotopic (exact) mass is 606 g/mol. The van der Waals surface area contributed by atoms with Crippen molar-refractivity contribution >= 4 is 40.4 Å². The molecule has 0 atom stereocenters. The maximum absolute atomic E-state index is 12.1. The highest BCUT2D eigenvalue weighted by Crippen LogP contribution is 2.36. The number of aromatic carboxylic acids is 1. The van der Waals surface area contributed by atoms with Crippen molar-refractivity contribution in [1.82, 2.24) is 19.1 Å². The zero-order valence-corrected chi connectivity index (χ0v) is 27.0. The molecule has 0 radical (unpaired) electrons. The average Bonchev–Trinajstić information content (AvgIpc) is 3.50. The molecule has 0 unspecified atom stereocenters. The third-order valence-corrected chi connectivity index (χ3v) is 8.32. The van der Waals surface area contributed by atoms with E-state index in [1.54, 1.807) is 12.1 Å². The Morgan fingerprint density at radius 3 is 2.32 bits per heavy atom. The molecule has 0 saturated carbocycles. The highest BCUT2D eigenvalue weighted by Gasteiger charge is 2.23. The first-order valence-corrected chi connectivity index (χ1v) is 14.9. The van der Waals surface area contributed by atoms with Gasteiger partial charge in [0, 0.05) is 25.6 Å². The number of hydrogen-bond acceptors (Lipinski definition) is 3. The minimum atomic E-state index is -0.916. The molecule has 6 aromatic rings. The van der Waals surface area contributed by atoms with E-state index in [0.29, 0.717) is 12.1 Å². The molecule has 44 heavy (non-hydrogen) atoms. The summed E-state index contributed by atoms with van der Waals surface area (Å²) in [5.74, 6) is 1.09. The van der Waals surface area contributed by atoms with Crippen LogP contribution in [-0.2, 0) is 25.4 Å². The highest BCUT2D eigenvalue weighted by atomic mass is 35.5. The molecule has 6 rings (SSSR count). The predicted molar refractivity (Wildman–Crippen MR) is 182 cm³/mol. The third-order valence-electron chi connectivity index (χ3n) is 8.32. The number of carboxylic acid groups (broad SMARTS) is 1. The van der Waals surface area contributed by atoms with E-state index in [9.17, 15) is 9.90 Å². The second-order valence-electron chi connectivity index (χ2n) is 12.5. The number of imidazole rings is 2. The van der Waals surface area contributed by atoms with Gasteiger partial charge in [0.05, 0.1) is 27.6 Å². The van der Waals surface area contributed by atoms with Crippen LogP contribution in [0.2, 0.25) is 0 Å². The standard InChI is InChI=1S/C37H38N4O2.ClH/c1-7-12-33-39-34-23(2)19-25(35-38-30-15-10-11-16-31(30)40(35)6)21-32(34)41(33)22-24-17-18-27(29(20-24)37(3,4)5)26-13-8-9-14-28(26)36(42)43;/h8-11,13-21H,7,12,22H2,1-6H3,(H,42,43);1H. The lowest BCUT2D eigenvalue weighted by atomic mass is 9.80. The molecule has 0 bridgehead atoms. The van der Waals surface area contributed by atoms with Gasteiger partial charge >= 0.3 is 5.97 Å². The van der Waals surface area contributed by atoms with Gasteiger partial charge in [-0.05, 0) is 76.9 Å². The van der Waals surface area contributed by atoms with Crippen LogP contribution in [0.15, 0.2) is 78.9 Å². The normalized spacial score (nSPS) is 11.7. The fourth-order valence-electron chi connectivity index (χ4n) is 6.20. The van der Waals surface area contributed by atoms with Gasteiger partial charge in [-0.25, -0.2) is 14.8 Å². The molecule has 1 N–H and O–H groups in total. The van der Waals surface area contributed by atoms with E-state index in [2.05, 4.69) is 93.3 Å². The minimum Gasteiger partial charge on any atom is -0.478 e. The van der Waals surface area contributed by atoms with Crippen LogP contribution in [0.25, 0.3) is 44.6 Å². The Kier molecular flexibility index (Phi) is 8.41. The second kappa shape index (κ2) is 11.9. The van der Waals surface area contributed by atoms with Crippen molar-refractivity contribution in [2.24, 2.45) is 7.05 Å². The number of rotatable bonds is 7. The van der Waals surface area contributed by atoms with Gasteiger partial charge in [0.1, 0.15) is 11.6 Å². The van der Waals surface area contributed by atoms with Gasteiger partial charge in [0.15, 0.2) is 0 Å². The number of nitrogens with zero attached hydrogens (tertiary/aromatic N) is 4. The second-order valence-corrected chi connectivity index (χ2v) is 12.5. The average molecular weight is 607 g/mol. The molecule has 2 heterocycles. The quantitative estimate of drug-likeness (QED) is 0.197. The first-order valence-electron chi connectivity index (χ1n) is 14.9. The van der Waals surface area contributed by atoms with Crippen LogP contribution in [0, 0.1) is 6.92 Å². The first kappa shape index (κ1) is 31.0. The Balaban J connectivity index is 0.00000384. The van der Waals surface area contributed by atoms with Crippen LogP contribution in [0.3, 0.4) is 0 Å². The van der Waals surface area contributed by atoms with E-state index in [1.807, 2.05) is 24.3 Å². The van der Waals surface area contributed by atoms with E-state index in [-0.39, 0.29) is 17.8 Å². The third kappa shape index (κ3) is 5.50. The molecule has 6 nitrogen and oxygen atoms in total. The molecular formula is C37H39ClN4O2. The zero-order valence-electron chi connectivity index (χ0n) is 26.2. The maximum Gasteiger partial charge on any atom is 0.336 e. The molecule has 226 valence electrons. The molecule has 2 aromatic heterocycles. The number of aryl methyl sites for hydroxylation is 3. The van der Waals surface area contributed by atoms with Crippen molar-refractivity contribution in [2.45, 2.75) is 59.4 Å². The zero-order chi connectivity index (χ0) is 30.5. The minimum absolute atomic E-state index is 0. The van der Waals surface area contributed by atoms with Gasteiger partial charge in [0.2, 0.25) is 0 Å². The van der Waals surface area contributed by atoms with Gasteiger partial charge < -0.3 is 14.2 Å². The van der Waals surface area contributed by atoms with E-state index < -0.39 is 5.97 Å². The van der Waals surface area contributed by atoms with Crippen molar-refractivity contribution in [1.29, 1.82) is 0 Å². The van der Waals surface area contributed by atoms with Crippen LogP contribution in [0.4, 0.5) is 0 Å². The van der Waals surface area contributed by atoms with Crippen molar-refractivity contribution in [3.8, 4) is 22.5 Å². The van der Waals surface area contributed by atoms with Crippen molar-refractivity contribution in [2.75, 3.05) is 0 Å². The summed E-state index contributed by atoms with van der Waals surface area (Å²) in [6.45, 7) is 11.5. The molecule has 0 aliphatic rings. The number of carbonyl (C=O) groups is 1. The molecule has 0 aliphatic heterocycles. The smallest absolute Gasteiger partial charge is 0.336 e. The number of para-hydroxylation sites is 2. The van der Waals surface area contributed by atoms with Crippen LogP contribution in [0.5, 0.6) is 0 Å². The van der Waals surface area contributed by atoms with Crippen molar-refractivity contribution in [3.63, 3.8) is 0 Å². The Bertz CT molecular complexity index is 2010. The summed E-state index contributed by atoms with van der Waals surface area (Å²) in [4.78, 5) is 22.2. The Labute approximate surface area is 264 Å². The van der Waals surface area contributed by atoms with Gasteiger partial charge in [-0.15, -0.1) is 12.4 Å². The maximum atomic E-state index is 12.1. The number of benzene rings is 4. The molecular weight excluding hydrogens is 568 g/mol. The van der Waals surface area contributed by atoms with Crippen LogP contribution >= 0.6 is 12.4 Å². The number of halogens is 1. The summed E-state index contributed by atoms with van der Waals surface area (Å²) in [7, 11) is 2.07. The largest absolute Gasteiger partial charge is 0.478 e. The fourth-order valence-corrected chi connectivity index (χ4v) is 6.20. The first-order chi connectivity index (χ1) is 20.6. The summed E-state index contributed by atoms with van der Waals surface area (Å²) in [5, 5.41) is 9.90. The summed E-state index contributed by atoms with van der Waals surface area (Å²) in [6, 6.07) is 26.4. The van der Waals surface area contributed by atoms with Gasteiger partial charge in [-0.3, -0.25) is 0 Å². The van der Waals surface area contributed by atoms with Crippen LogP contribution in [0.1, 0.15) is 67.0 Å². The Hall–Kier alpha value is -4.42. The molecule has 0 fully saturated rings. The topological polar surface area (TPSA) is 72.9 Å². The molecule has 0 spiro atoms. The van der Waals surface area contributed by atoms with Gasteiger partial charge in [-0.2, -0.15) is 0 Å². The SMILES string of the molecule is CCCc1nc2c(C)cc(-c3nc4ccccc4n3C)cc2n1Cc1ccc(-c2ccccc2C(=O)O)c(C(C)(C)C)c1.Cl. The molecule has 7 heteroatoms. The lowest BCUT2D eigenvalue weighted by Crippen LogP contribution is -2.15. The van der Waals surface area contributed by atoms with Gasteiger partial charge in [0.25, 0.3) is 0 Å². The molecule has 0 amide bonds. The van der Waals surface area contributed by atoms with Crippen LogP contribution in [-0.4, -0.2) is 30.2 Å². The van der Waals surface area contributed by atoms with Gasteiger partial charge in [-0.1, -0.05) is 76.2 Å². The highest BCUT2D eigenvalue weighted by molar-refractivity contribution is 5.96. The molecule has 4 aromatic carbocycles. The van der Waals surface area contributed by atoms with Crippen molar-refractivity contribution < 1.29 is 9.90 Å². The van der Waals surface area contributed by atoms with Crippen LogP contribution < -0.4 is 0 Å². The van der Waals surface area contributed by atoms with E-state index in [1.165, 1.54) is 0 Å². The van der Waals surface area contributed by atoms with E-state index in [4.69, 9.17) is 9.97 Å². The summed E-state index contributed by atoms with van der Waals surface area (Å²) in [6.07, 6.45) is 1.88. The lowest BCUT2D eigenvalue weighted by Gasteiger charge is -2.25. The predicted octanol–water partition coefficient (Wildman–Crippen LogP) is 8.98.